The van der Waals surface area contributed by atoms with Crippen LogP contribution in [0.5, 0.6) is 0 Å². The highest BCUT2D eigenvalue weighted by Gasteiger charge is 2.11. The standard InChI is InChI=1S/C15H25BrN2/c1-5-12(3)11-18(6-2)15-8-7-13(10-17-4)9-14(15)16/h7-9,12,17H,5-6,10-11H2,1-4H3. The monoisotopic (exact) mass is 312 g/mol. The lowest BCUT2D eigenvalue weighted by atomic mass is 10.1. The first-order valence-corrected chi connectivity index (χ1v) is 7.59. The van der Waals surface area contributed by atoms with Crippen molar-refractivity contribution in [3.8, 4) is 0 Å². The molecule has 0 fully saturated rings. The Labute approximate surface area is 120 Å². The summed E-state index contributed by atoms with van der Waals surface area (Å²) in [5.41, 5.74) is 2.62. The summed E-state index contributed by atoms with van der Waals surface area (Å²) in [7, 11) is 1.98. The van der Waals surface area contributed by atoms with Gasteiger partial charge in [0.05, 0.1) is 5.69 Å². The molecule has 18 heavy (non-hydrogen) atoms. The first-order chi connectivity index (χ1) is 8.62. The largest absolute Gasteiger partial charge is 0.371 e. The average Bonchev–Trinajstić information content (AvgIpc) is 2.37. The number of nitrogens with zero attached hydrogens (tertiary/aromatic N) is 1. The van der Waals surface area contributed by atoms with Crippen molar-refractivity contribution in [1.29, 1.82) is 0 Å². The molecule has 0 radical (unpaired) electrons. The second kappa shape index (κ2) is 7.80. The van der Waals surface area contributed by atoms with Crippen molar-refractivity contribution in [3.05, 3.63) is 28.2 Å². The van der Waals surface area contributed by atoms with Crippen molar-refractivity contribution < 1.29 is 0 Å². The molecule has 1 atom stereocenters. The van der Waals surface area contributed by atoms with Crippen molar-refractivity contribution in [3.63, 3.8) is 0 Å². The van der Waals surface area contributed by atoms with Crippen molar-refractivity contribution in [2.75, 3.05) is 25.0 Å². The Kier molecular flexibility index (Phi) is 6.72. The molecule has 0 saturated carbocycles. The van der Waals surface area contributed by atoms with Crippen molar-refractivity contribution in [2.45, 2.75) is 33.7 Å². The predicted molar refractivity (Wildman–Crippen MR) is 84.2 cm³/mol. The molecule has 3 heteroatoms. The lowest BCUT2D eigenvalue weighted by molar-refractivity contribution is 0.547. The van der Waals surface area contributed by atoms with Crippen LogP contribution >= 0.6 is 15.9 Å². The van der Waals surface area contributed by atoms with E-state index in [1.165, 1.54) is 22.1 Å². The summed E-state index contributed by atoms with van der Waals surface area (Å²) in [5, 5.41) is 3.18. The zero-order valence-corrected chi connectivity index (χ0v) is 13.5. The number of rotatable bonds is 7. The molecule has 0 heterocycles. The molecule has 1 N–H and O–H groups in total. The zero-order chi connectivity index (χ0) is 13.5. The minimum Gasteiger partial charge on any atom is -0.371 e. The first-order valence-electron chi connectivity index (χ1n) is 6.80. The highest BCUT2D eigenvalue weighted by Crippen LogP contribution is 2.28. The third-order valence-electron chi connectivity index (χ3n) is 3.34. The highest BCUT2D eigenvalue weighted by atomic mass is 79.9. The molecule has 2 nitrogen and oxygen atoms in total. The van der Waals surface area contributed by atoms with Gasteiger partial charge in [-0.25, -0.2) is 0 Å². The number of nitrogens with one attached hydrogen (secondary N) is 1. The number of benzene rings is 1. The van der Waals surface area contributed by atoms with Crippen LogP contribution in [0.25, 0.3) is 0 Å². The van der Waals surface area contributed by atoms with Crippen molar-refractivity contribution in [2.24, 2.45) is 5.92 Å². The summed E-state index contributed by atoms with van der Waals surface area (Å²) >= 11 is 3.70. The van der Waals surface area contributed by atoms with E-state index in [4.69, 9.17) is 0 Å². The van der Waals surface area contributed by atoms with Crippen LogP contribution in [-0.4, -0.2) is 20.1 Å². The summed E-state index contributed by atoms with van der Waals surface area (Å²) in [6.45, 7) is 9.87. The van der Waals surface area contributed by atoms with Gasteiger partial charge in [0, 0.05) is 24.1 Å². The minimum atomic E-state index is 0.730. The van der Waals surface area contributed by atoms with Crippen LogP contribution in [0.2, 0.25) is 0 Å². The van der Waals surface area contributed by atoms with Gasteiger partial charge in [-0.3, -0.25) is 0 Å². The lowest BCUT2D eigenvalue weighted by Gasteiger charge is -2.27. The van der Waals surface area contributed by atoms with E-state index in [9.17, 15) is 0 Å². The van der Waals surface area contributed by atoms with E-state index < -0.39 is 0 Å². The Morgan fingerprint density at radius 2 is 2.06 bits per heavy atom. The Hall–Kier alpha value is -0.540. The van der Waals surface area contributed by atoms with E-state index in [-0.39, 0.29) is 0 Å². The molecular formula is C15H25BrN2. The summed E-state index contributed by atoms with van der Waals surface area (Å²) in [6.07, 6.45) is 1.23. The lowest BCUT2D eigenvalue weighted by Crippen LogP contribution is -2.28. The van der Waals surface area contributed by atoms with E-state index in [1.807, 2.05) is 7.05 Å². The van der Waals surface area contributed by atoms with E-state index in [1.54, 1.807) is 0 Å². The number of hydrogen-bond donors (Lipinski definition) is 1. The zero-order valence-electron chi connectivity index (χ0n) is 12.0. The molecule has 0 aromatic heterocycles. The fourth-order valence-electron chi connectivity index (χ4n) is 2.02. The smallest absolute Gasteiger partial charge is 0.0510 e. The van der Waals surface area contributed by atoms with Gasteiger partial charge >= 0.3 is 0 Å². The van der Waals surface area contributed by atoms with Crippen LogP contribution in [0.1, 0.15) is 32.8 Å². The quantitative estimate of drug-likeness (QED) is 0.817. The van der Waals surface area contributed by atoms with Gasteiger partial charge in [0.15, 0.2) is 0 Å². The van der Waals surface area contributed by atoms with Crippen LogP contribution in [0.4, 0.5) is 5.69 Å². The Balaban J connectivity index is 2.85. The Morgan fingerprint density at radius 3 is 2.56 bits per heavy atom. The van der Waals surface area contributed by atoms with Gasteiger partial charge in [-0.2, -0.15) is 0 Å². The van der Waals surface area contributed by atoms with Crippen LogP contribution < -0.4 is 10.2 Å². The van der Waals surface area contributed by atoms with E-state index in [0.717, 1.165) is 25.6 Å². The van der Waals surface area contributed by atoms with Gasteiger partial charge < -0.3 is 10.2 Å². The van der Waals surface area contributed by atoms with E-state index >= 15 is 0 Å². The molecule has 0 aliphatic carbocycles. The molecule has 0 saturated heterocycles. The molecular weight excluding hydrogens is 288 g/mol. The van der Waals surface area contributed by atoms with E-state index in [0.29, 0.717) is 0 Å². The maximum atomic E-state index is 3.70. The molecule has 1 aromatic carbocycles. The first kappa shape index (κ1) is 15.5. The molecule has 1 aromatic rings. The van der Waals surface area contributed by atoms with Gasteiger partial charge in [-0.15, -0.1) is 0 Å². The second-order valence-corrected chi connectivity index (χ2v) is 5.72. The van der Waals surface area contributed by atoms with Crippen LogP contribution in [0.15, 0.2) is 22.7 Å². The third kappa shape index (κ3) is 4.29. The highest BCUT2D eigenvalue weighted by molar-refractivity contribution is 9.10. The molecule has 0 aliphatic heterocycles. The maximum Gasteiger partial charge on any atom is 0.0510 e. The Bertz CT molecular complexity index is 366. The SMILES string of the molecule is CCC(C)CN(CC)c1ccc(CNC)cc1Br. The Morgan fingerprint density at radius 1 is 1.33 bits per heavy atom. The average molecular weight is 313 g/mol. The maximum absolute atomic E-state index is 3.70. The summed E-state index contributed by atoms with van der Waals surface area (Å²) in [4.78, 5) is 2.45. The van der Waals surface area contributed by atoms with Gasteiger partial charge in [-0.05, 0) is 53.5 Å². The molecule has 102 valence electrons. The van der Waals surface area contributed by atoms with Crippen LogP contribution in [0.3, 0.4) is 0 Å². The topological polar surface area (TPSA) is 15.3 Å². The normalized spacial score (nSPS) is 12.5. The van der Waals surface area contributed by atoms with E-state index in [2.05, 4.69) is 65.1 Å². The van der Waals surface area contributed by atoms with Crippen molar-refractivity contribution >= 4 is 21.6 Å². The number of anilines is 1. The molecule has 0 amide bonds. The molecule has 0 spiro atoms. The minimum absolute atomic E-state index is 0.730. The summed E-state index contributed by atoms with van der Waals surface area (Å²) in [5.74, 6) is 0.730. The molecule has 1 rings (SSSR count). The summed E-state index contributed by atoms with van der Waals surface area (Å²) < 4.78 is 1.19. The third-order valence-corrected chi connectivity index (χ3v) is 3.98. The van der Waals surface area contributed by atoms with Gasteiger partial charge in [0.1, 0.15) is 0 Å². The predicted octanol–water partition coefficient (Wildman–Crippen LogP) is 4.04. The molecule has 0 aliphatic rings. The molecule has 0 bridgehead atoms. The fourth-order valence-corrected chi connectivity index (χ4v) is 2.70. The second-order valence-electron chi connectivity index (χ2n) is 4.87. The number of halogens is 1. The fraction of sp³-hybridized carbons (Fsp3) is 0.600. The number of hydrogen-bond acceptors (Lipinski definition) is 2. The van der Waals surface area contributed by atoms with Gasteiger partial charge in [0.2, 0.25) is 0 Å². The van der Waals surface area contributed by atoms with Gasteiger partial charge in [-0.1, -0.05) is 26.3 Å². The van der Waals surface area contributed by atoms with Crippen molar-refractivity contribution in [1.82, 2.24) is 5.32 Å². The van der Waals surface area contributed by atoms with Crippen LogP contribution in [-0.2, 0) is 6.54 Å². The molecule has 1 unspecified atom stereocenters. The van der Waals surface area contributed by atoms with Crippen LogP contribution in [0, 0.1) is 5.92 Å². The summed E-state index contributed by atoms with van der Waals surface area (Å²) in [6, 6.07) is 6.64. The van der Waals surface area contributed by atoms with Gasteiger partial charge in [0.25, 0.3) is 0 Å².